The van der Waals surface area contributed by atoms with Crippen LogP contribution >= 0.6 is 0 Å². The Morgan fingerprint density at radius 2 is 1.74 bits per heavy atom. The lowest BCUT2D eigenvalue weighted by molar-refractivity contribution is -0.141. The molecule has 0 spiro atoms. The van der Waals surface area contributed by atoms with Crippen molar-refractivity contribution in [3.05, 3.63) is 29.2 Å². The zero-order valence-electron chi connectivity index (χ0n) is 15.3. The van der Waals surface area contributed by atoms with E-state index >= 15 is 0 Å². The van der Waals surface area contributed by atoms with Gasteiger partial charge in [0.2, 0.25) is 11.8 Å². The molecule has 0 N–H and O–H groups in total. The molecule has 4 aliphatic carbocycles. The highest BCUT2D eigenvalue weighted by Crippen LogP contribution is 2.60. The van der Waals surface area contributed by atoms with Crippen molar-refractivity contribution in [1.82, 2.24) is 20.0 Å². The summed E-state index contributed by atoms with van der Waals surface area (Å²) in [6.45, 7) is 1.92. The van der Waals surface area contributed by atoms with Gasteiger partial charge in [0.05, 0.1) is 0 Å². The molecule has 4 aliphatic rings. The molecule has 5 nitrogen and oxygen atoms in total. The summed E-state index contributed by atoms with van der Waals surface area (Å²) in [5.74, 6) is 3.62. The van der Waals surface area contributed by atoms with Crippen LogP contribution in [0.25, 0.3) is 0 Å². The van der Waals surface area contributed by atoms with E-state index in [0.29, 0.717) is 24.6 Å². The second-order valence-electron chi connectivity index (χ2n) is 8.84. The first-order chi connectivity index (χ1) is 12.8. The summed E-state index contributed by atoms with van der Waals surface area (Å²) in [5, 5.41) is 12.2. The third kappa shape index (κ3) is 2.97. The van der Waals surface area contributed by atoms with E-state index in [2.05, 4.69) is 15.3 Å². The maximum absolute atomic E-state index is 12.8. The normalized spacial score (nSPS) is 32.4. The first-order valence-corrected chi connectivity index (χ1v) is 9.75. The lowest BCUT2D eigenvalue weighted by Crippen LogP contribution is -2.48. The fourth-order valence-electron chi connectivity index (χ4n) is 6.02. The Labute approximate surface area is 155 Å². The van der Waals surface area contributed by atoms with Crippen molar-refractivity contribution in [3.8, 4) is 0 Å². The molecule has 4 saturated carbocycles. The molecule has 8 heteroatoms. The first-order valence-electron chi connectivity index (χ1n) is 9.75. The summed E-state index contributed by atoms with van der Waals surface area (Å²) < 4.78 is 45.7. The van der Waals surface area contributed by atoms with Gasteiger partial charge in [-0.15, -0.1) is 10.2 Å². The van der Waals surface area contributed by atoms with Gasteiger partial charge in [-0.1, -0.05) is 0 Å². The van der Waals surface area contributed by atoms with E-state index in [1.54, 1.807) is 6.92 Å². The van der Waals surface area contributed by atoms with E-state index in [1.807, 2.05) is 0 Å². The molecule has 27 heavy (non-hydrogen) atoms. The lowest BCUT2D eigenvalue weighted by atomic mass is 9.49. The Bertz CT molecular complexity index is 818. The van der Waals surface area contributed by atoms with Crippen molar-refractivity contribution < 1.29 is 17.6 Å². The van der Waals surface area contributed by atoms with Gasteiger partial charge in [-0.05, 0) is 69.3 Å². The van der Waals surface area contributed by atoms with Gasteiger partial charge in [0.25, 0.3) is 0 Å². The minimum atomic E-state index is -4.42. The molecule has 0 atom stereocenters. The van der Waals surface area contributed by atoms with Crippen LogP contribution in [0.15, 0.2) is 10.5 Å². The molecule has 0 unspecified atom stereocenters. The Morgan fingerprint density at radius 1 is 1.11 bits per heavy atom. The van der Waals surface area contributed by atoms with Gasteiger partial charge in [-0.25, -0.2) is 0 Å². The SMILES string of the molecule is Cc1cc(C(F)(F)F)nn1CCc1nnc(C23CC4CC(CC(C4)C2)C3)o1. The van der Waals surface area contributed by atoms with E-state index in [4.69, 9.17) is 4.42 Å². The molecule has 4 fully saturated rings. The number of nitrogens with zero attached hydrogens (tertiary/aromatic N) is 4. The van der Waals surface area contributed by atoms with Crippen molar-refractivity contribution in [2.75, 3.05) is 0 Å². The monoisotopic (exact) mass is 380 g/mol. The van der Waals surface area contributed by atoms with Crippen LogP contribution in [0.2, 0.25) is 0 Å². The third-order valence-electron chi connectivity index (χ3n) is 6.77. The average Bonchev–Trinajstić information content (AvgIpc) is 3.18. The topological polar surface area (TPSA) is 56.7 Å². The molecule has 4 bridgehead atoms. The molecule has 2 aromatic heterocycles. The molecule has 0 amide bonds. The van der Waals surface area contributed by atoms with Crippen molar-refractivity contribution in [1.29, 1.82) is 0 Å². The highest BCUT2D eigenvalue weighted by molar-refractivity contribution is 5.15. The predicted molar refractivity (Wildman–Crippen MR) is 89.8 cm³/mol. The van der Waals surface area contributed by atoms with Crippen molar-refractivity contribution in [2.24, 2.45) is 17.8 Å². The molecule has 0 radical (unpaired) electrons. The Balaban J connectivity index is 1.30. The van der Waals surface area contributed by atoms with Gasteiger partial charge in [0.15, 0.2) is 5.69 Å². The molecule has 0 saturated heterocycles. The van der Waals surface area contributed by atoms with Gasteiger partial charge in [-0.2, -0.15) is 18.3 Å². The van der Waals surface area contributed by atoms with Crippen molar-refractivity contribution in [3.63, 3.8) is 0 Å². The highest BCUT2D eigenvalue weighted by atomic mass is 19.4. The van der Waals surface area contributed by atoms with Gasteiger partial charge < -0.3 is 4.42 Å². The van der Waals surface area contributed by atoms with Crippen molar-refractivity contribution in [2.45, 2.75) is 70.0 Å². The first kappa shape index (κ1) is 17.3. The largest absolute Gasteiger partial charge is 0.435 e. The highest BCUT2D eigenvalue weighted by Gasteiger charge is 2.54. The summed E-state index contributed by atoms with van der Waals surface area (Å²) in [6, 6.07) is 1.06. The molecule has 0 aliphatic heterocycles. The number of aromatic nitrogens is 4. The van der Waals surface area contributed by atoms with Crippen LogP contribution in [0.5, 0.6) is 0 Å². The Morgan fingerprint density at radius 3 is 2.30 bits per heavy atom. The van der Waals surface area contributed by atoms with Crippen LogP contribution in [-0.2, 0) is 24.6 Å². The van der Waals surface area contributed by atoms with Crippen molar-refractivity contribution >= 4 is 0 Å². The molecule has 2 heterocycles. The Hall–Kier alpha value is -1.86. The smallest absolute Gasteiger partial charge is 0.425 e. The quantitative estimate of drug-likeness (QED) is 0.793. The van der Waals surface area contributed by atoms with E-state index in [0.717, 1.165) is 49.0 Å². The van der Waals surface area contributed by atoms with Gasteiger partial charge in [0.1, 0.15) is 0 Å². The molecule has 6 rings (SSSR count). The van der Waals surface area contributed by atoms with Crippen LogP contribution < -0.4 is 0 Å². The van der Waals surface area contributed by atoms with Crippen LogP contribution in [0, 0.1) is 24.7 Å². The fraction of sp³-hybridized carbons (Fsp3) is 0.737. The summed E-state index contributed by atoms with van der Waals surface area (Å²) in [5.41, 5.74) is -0.339. The number of rotatable bonds is 4. The average molecular weight is 380 g/mol. The minimum Gasteiger partial charge on any atom is -0.425 e. The van der Waals surface area contributed by atoms with Crippen LogP contribution in [-0.4, -0.2) is 20.0 Å². The zero-order valence-corrected chi connectivity index (χ0v) is 15.3. The molecule has 2 aromatic rings. The summed E-state index contributed by atoms with van der Waals surface area (Å²) in [7, 11) is 0. The zero-order chi connectivity index (χ0) is 18.8. The van der Waals surface area contributed by atoms with E-state index in [-0.39, 0.29) is 5.41 Å². The predicted octanol–water partition coefficient (Wildman–Crippen LogP) is 4.30. The van der Waals surface area contributed by atoms with Gasteiger partial charge in [0, 0.05) is 24.1 Å². The number of alkyl halides is 3. The molecular formula is C19H23F3N4O. The van der Waals surface area contributed by atoms with E-state index in [1.165, 1.54) is 23.9 Å². The standard InChI is InChI=1S/C19H23F3N4O/c1-11-4-15(19(20,21)22)25-26(11)3-2-16-23-24-17(27-16)18-8-12-5-13(9-18)7-14(6-12)10-18/h4,12-14H,2-3,5-10H2,1H3. The molecule has 0 aromatic carbocycles. The van der Waals surface area contributed by atoms with Crippen LogP contribution in [0.3, 0.4) is 0 Å². The minimum absolute atomic E-state index is 0.0467. The number of aryl methyl sites for hydroxylation is 3. The summed E-state index contributed by atoms with van der Waals surface area (Å²) >= 11 is 0. The summed E-state index contributed by atoms with van der Waals surface area (Å²) in [4.78, 5) is 0. The van der Waals surface area contributed by atoms with Crippen LogP contribution in [0.4, 0.5) is 13.2 Å². The molecular weight excluding hydrogens is 357 g/mol. The second kappa shape index (κ2) is 5.82. The summed E-state index contributed by atoms with van der Waals surface area (Å²) in [6.07, 6.45) is 3.45. The van der Waals surface area contributed by atoms with Gasteiger partial charge >= 0.3 is 6.18 Å². The number of hydrogen-bond donors (Lipinski definition) is 0. The maximum Gasteiger partial charge on any atom is 0.435 e. The number of hydrogen-bond acceptors (Lipinski definition) is 4. The fourth-order valence-corrected chi connectivity index (χ4v) is 6.02. The lowest BCUT2D eigenvalue weighted by Gasteiger charge is -2.55. The Kier molecular flexibility index (Phi) is 3.72. The third-order valence-corrected chi connectivity index (χ3v) is 6.77. The molecule has 146 valence electrons. The second-order valence-corrected chi connectivity index (χ2v) is 8.84. The maximum atomic E-state index is 12.8. The van der Waals surface area contributed by atoms with Crippen LogP contribution in [0.1, 0.15) is 61.7 Å². The van der Waals surface area contributed by atoms with E-state index in [9.17, 15) is 13.2 Å². The van der Waals surface area contributed by atoms with E-state index < -0.39 is 11.9 Å². The number of halogens is 3. The van der Waals surface area contributed by atoms with Gasteiger partial charge in [-0.3, -0.25) is 4.68 Å².